The standard InChI is InChI=1S/C17H12N6O3S/c1-21-15(24)10-5-2-3-6-11(10)23-13(18-19-16(21)23)9-22-17(25)26-14(20-22)12-7-4-8-27-12/h2-8H,9H2,1H3. The Bertz CT molecular complexity index is 1410. The van der Waals surface area contributed by atoms with Gasteiger partial charge in [-0.15, -0.1) is 26.6 Å². The summed E-state index contributed by atoms with van der Waals surface area (Å²) in [5.41, 5.74) is 0.515. The number of hydrogen-bond donors (Lipinski definition) is 0. The molecule has 0 N–H and O–H groups in total. The van der Waals surface area contributed by atoms with Crippen molar-refractivity contribution < 1.29 is 4.42 Å². The molecule has 0 unspecified atom stereocenters. The summed E-state index contributed by atoms with van der Waals surface area (Å²) >= 11 is 1.43. The molecule has 0 atom stereocenters. The van der Waals surface area contributed by atoms with Crippen molar-refractivity contribution in [3.63, 3.8) is 0 Å². The van der Waals surface area contributed by atoms with Gasteiger partial charge in [0.05, 0.1) is 15.8 Å². The highest BCUT2D eigenvalue weighted by Gasteiger charge is 2.17. The first-order chi connectivity index (χ1) is 13.1. The summed E-state index contributed by atoms with van der Waals surface area (Å²) in [6.45, 7) is 0.0665. The summed E-state index contributed by atoms with van der Waals surface area (Å²) in [4.78, 5) is 25.5. The van der Waals surface area contributed by atoms with Gasteiger partial charge in [-0.2, -0.15) is 4.68 Å². The molecule has 1 aromatic carbocycles. The van der Waals surface area contributed by atoms with Gasteiger partial charge in [0.1, 0.15) is 6.54 Å². The maximum atomic E-state index is 12.5. The van der Waals surface area contributed by atoms with E-state index in [0.717, 1.165) is 4.88 Å². The molecule has 0 spiro atoms. The highest BCUT2D eigenvalue weighted by molar-refractivity contribution is 7.13. The molecule has 5 aromatic rings. The summed E-state index contributed by atoms with van der Waals surface area (Å²) in [5.74, 6) is 0.555. The lowest BCUT2D eigenvalue weighted by Gasteiger charge is -2.07. The third-order valence-corrected chi connectivity index (χ3v) is 5.18. The van der Waals surface area contributed by atoms with Crippen LogP contribution in [0.4, 0.5) is 0 Å². The molecule has 5 rings (SSSR count). The molecule has 9 nitrogen and oxygen atoms in total. The van der Waals surface area contributed by atoms with E-state index in [1.165, 1.54) is 20.6 Å². The number of thiophene rings is 1. The average molecular weight is 380 g/mol. The van der Waals surface area contributed by atoms with E-state index in [4.69, 9.17) is 4.42 Å². The minimum absolute atomic E-state index is 0.0665. The maximum Gasteiger partial charge on any atom is 0.437 e. The van der Waals surface area contributed by atoms with E-state index < -0.39 is 5.76 Å². The maximum absolute atomic E-state index is 12.5. The van der Waals surface area contributed by atoms with E-state index in [1.54, 1.807) is 23.6 Å². The largest absolute Gasteiger partial charge is 0.437 e. The first-order valence-electron chi connectivity index (χ1n) is 8.07. The number of benzene rings is 1. The van der Waals surface area contributed by atoms with Crippen LogP contribution in [0.1, 0.15) is 5.82 Å². The second-order valence-electron chi connectivity index (χ2n) is 5.94. The quantitative estimate of drug-likeness (QED) is 0.470. The van der Waals surface area contributed by atoms with Crippen molar-refractivity contribution in [1.82, 2.24) is 28.9 Å². The van der Waals surface area contributed by atoms with Crippen molar-refractivity contribution in [3.05, 3.63) is 68.5 Å². The molecule has 0 saturated heterocycles. The van der Waals surface area contributed by atoms with Crippen LogP contribution in [0.5, 0.6) is 0 Å². The lowest BCUT2D eigenvalue weighted by molar-refractivity contribution is 0.491. The molecule has 0 aliphatic heterocycles. The van der Waals surface area contributed by atoms with Crippen molar-refractivity contribution >= 4 is 28.0 Å². The molecule has 4 aromatic heterocycles. The van der Waals surface area contributed by atoms with Gasteiger partial charge in [0, 0.05) is 7.05 Å². The van der Waals surface area contributed by atoms with E-state index in [9.17, 15) is 9.59 Å². The smallest absolute Gasteiger partial charge is 0.387 e. The molecule has 0 radical (unpaired) electrons. The summed E-state index contributed by atoms with van der Waals surface area (Å²) in [5, 5.41) is 15.0. The number of hydrogen-bond acceptors (Lipinski definition) is 7. The Kier molecular flexibility index (Phi) is 3.34. The van der Waals surface area contributed by atoms with E-state index in [-0.39, 0.29) is 18.0 Å². The van der Waals surface area contributed by atoms with Crippen molar-refractivity contribution in [2.24, 2.45) is 7.05 Å². The Labute approximate surface area is 154 Å². The zero-order valence-corrected chi connectivity index (χ0v) is 14.9. The molecule has 0 bridgehead atoms. The van der Waals surface area contributed by atoms with Crippen LogP contribution in [0.25, 0.3) is 27.4 Å². The molecule has 0 amide bonds. The van der Waals surface area contributed by atoms with Crippen molar-refractivity contribution in [1.29, 1.82) is 0 Å². The molecule has 0 fully saturated rings. The summed E-state index contributed by atoms with van der Waals surface area (Å²) in [6, 6.07) is 10.9. The number of rotatable bonds is 3. The Balaban J connectivity index is 1.69. The molecule has 134 valence electrons. The summed E-state index contributed by atoms with van der Waals surface area (Å²) in [6.07, 6.45) is 0. The van der Waals surface area contributed by atoms with Crippen molar-refractivity contribution in [2.45, 2.75) is 6.54 Å². The van der Waals surface area contributed by atoms with Crippen LogP contribution in [0.15, 0.2) is 55.8 Å². The number of nitrogens with zero attached hydrogens (tertiary/aromatic N) is 6. The van der Waals surface area contributed by atoms with Crippen LogP contribution in [0.3, 0.4) is 0 Å². The van der Waals surface area contributed by atoms with Crippen molar-refractivity contribution in [3.8, 4) is 10.8 Å². The predicted octanol–water partition coefficient (Wildman–Crippen LogP) is 1.51. The number of aromatic nitrogens is 6. The summed E-state index contributed by atoms with van der Waals surface area (Å²) < 4.78 is 9.63. The average Bonchev–Trinajstić information content (AvgIpc) is 3.41. The normalized spacial score (nSPS) is 11.6. The van der Waals surface area contributed by atoms with E-state index in [0.29, 0.717) is 22.5 Å². The van der Waals surface area contributed by atoms with E-state index in [1.807, 2.05) is 29.6 Å². The lowest BCUT2D eigenvalue weighted by atomic mass is 10.2. The minimum Gasteiger partial charge on any atom is -0.387 e. The number of aryl methyl sites for hydroxylation is 1. The molecule has 0 aliphatic carbocycles. The molecule has 4 heterocycles. The Morgan fingerprint density at radius 1 is 1.11 bits per heavy atom. The lowest BCUT2D eigenvalue weighted by Crippen LogP contribution is -2.22. The first kappa shape index (κ1) is 15.7. The minimum atomic E-state index is -0.579. The number of para-hydroxylation sites is 1. The second-order valence-corrected chi connectivity index (χ2v) is 6.89. The van der Waals surface area contributed by atoms with Crippen LogP contribution in [-0.2, 0) is 13.6 Å². The van der Waals surface area contributed by atoms with Crippen LogP contribution < -0.4 is 11.3 Å². The van der Waals surface area contributed by atoms with Gasteiger partial charge in [-0.3, -0.25) is 13.8 Å². The van der Waals surface area contributed by atoms with Gasteiger partial charge < -0.3 is 4.42 Å². The van der Waals surface area contributed by atoms with E-state index in [2.05, 4.69) is 15.3 Å². The van der Waals surface area contributed by atoms with Gasteiger partial charge in [0.2, 0.25) is 5.78 Å². The fourth-order valence-corrected chi connectivity index (χ4v) is 3.68. The summed E-state index contributed by atoms with van der Waals surface area (Å²) in [7, 11) is 1.64. The molecule has 10 heteroatoms. The third-order valence-electron chi connectivity index (χ3n) is 4.32. The van der Waals surface area contributed by atoms with Crippen LogP contribution in [0, 0.1) is 0 Å². The zero-order valence-electron chi connectivity index (χ0n) is 14.1. The van der Waals surface area contributed by atoms with Gasteiger partial charge >= 0.3 is 5.76 Å². The zero-order chi connectivity index (χ0) is 18.5. The molecular weight excluding hydrogens is 368 g/mol. The second kappa shape index (κ2) is 5.74. The Morgan fingerprint density at radius 3 is 2.78 bits per heavy atom. The fraction of sp³-hybridized carbons (Fsp3) is 0.118. The van der Waals surface area contributed by atoms with Gasteiger partial charge in [-0.25, -0.2) is 4.79 Å². The molecule has 0 saturated carbocycles. The number of fused-ring (bicyclic) bond motifs is 3. The fourth-order valence-electron chi connectivity index (χ4n) is 3.03. The highest BCUT2D eigenvalue weighted by Crippen LogP contribution is 2.21. The Morgan fingerprint density at radius 2 is 1.96 bits per heavy atom. The van der Waals surface area contributed by atoms with Gasteiger partial charge in [-0.05, 0) is 23.6 Å². The predicted molar refractivity (Wildman–Crippen MR) is 98.9 cm³/mol. The van der Waals surface area contributed by atoms with Crippen LogP contribution in [-0.4, -0.2) is 28.9 Å². The van der Waals surface area contributed by atoms with Crippen LogP contribution in [0.2, 0.25) is 0 Å². The first-order valence-corrected chi connectivity index (χ1v) is 8.95. The molecular formula is C17H12N6O3S. The Hall–Kier alpha value is -3.53. The topological polar surface area (TPSA) is 100 Å². The van der Waals surface area contributed by atoms with Crippen LogP contribution >= 0.6 is 11.3 Å². The molecule has 27 heavy (non-hydrogen) atoms. The highest BCUT2D eigenvalue weighted by atomic mass is 32.1. The monoisotopic (exact) mass is 380 g/mol. The van der Waals surface area contributed by atoms with Gasteiger partial charge in [0.15, 0.2) is 5.82 Å². The van der Waals surface area contributed by atoms with Crippen molar-refractivity contribution in [2.75, 3.05) is 0 Å². The molecule has 0 aliphatic rings. The van der Waals surface area contributed by atoms with Gasteiger partial charge in [-0.1, -0.05) is 18.2 Å². The SMILES string of the molecule is Cn1c(=O)c2ccccc2n2c(Cn3nc(-c4cccs4)oc3=O)nnc12. The van der Waals surface area contributed by atoms with Gasteiger partial charge in [0.25, 0.3) is 11.4 Å². The third kappa shape index (κ3) is 2.34. The van der Waals surface area contributed by atoms with E-state index >= 15 is 0 Å².